The fourth-order valence-corrected chi connectivity index (χ4v) is 3.46. The maximum Gasteiger partial charge on any atom is 0.325 e. The minimum Gasteiger partial charge on any atom is -0.456 e. The molecule has 0 aliphatic carbocycles. The molecule has 0 radical (unpaired) electrons. The van der Waals surface area contributed by atoms with Gasteiger partial charge in [0.15, 0.2) is 6.61 Å². The molecule has 0 aromatic carbocycles. The summed E-state index contributed by atoms with van der Waals surface area (Å²) in [5.74, 6) is -1.27. The molecule has 146 valence electrons. The predicted molar refractivity (Wildman–Crippen MR) is 102 cm³/mol. The minimum atomic E-state index is -0.654. The normalized spacial score (nSPS) is 10.7. The third-order valence-corrected chi connectivity index (χ3v) is 5.11. The minimum absolute atomic E-state index is 0.277. The Morgan fingerprint density at radius 1 is 1.19 bits per heavy atom. The summed E-state index contributed by atoms with van der Waals surface area (Å²) in [7, 11) is 1.62. The van der Waals surface area contributed by atoms with E-state index in [1.165, 1.54) is 11.3 Å². The molecule has 2 heterocycles. The first kappa shape index (κ1) is 20.9. The van der Waals surface area contributed by atoms with Crippen molar-refractivity contribution in [1.82, 2.24) is 9.88 Å². The maximum atomic E-state index is 12.4. The number of carbonyl (C=O) groups is 3. The number of esters is 1. The van der Waals surface area contributed by atoms with E-state index in [0.29, 0.717) is 23.6 Å². The van der Waals surface area contributed by atoms with Crippen LogP contribution in [0.25, 0.3) is 0 Å². The van der Waals surface area contributed by atoms with Gasteiger partial charge in [0, 0.05) is 35.5 Å². The lowest BCUT2D eigenvalue weighted by molar-refractivity contribution is -0.141. The van der Waals surface area contributed by atoms with Gasteiger partial charge in [-0.05, 0) is 39.0 Å². The van der Waals surface area contributed by atoms with Gasteiger partial charge in [0.1, 0.15) is 6.54 Å². The van der Waals surface area contributed by atoms with Crippen molar-refractivity contribution in [3.8, 4) is 0 Å². The lowest BCUT2D eigenvalue weighted by Gasteiger charge is -2.09. The number of thiophene rings is 1. The number of nitrogens with one attached hydrogen (secondary N) is 1. The number of hydrogen-bond acceptors (Lipinski definition) is 6. The second kappa shape index (κ2) is 9.48. The fraction of sp³-hybridized carbons (Fsp3) is 0.421. The standard InChI is InChI=1S/C19H24N2O5S/c1-12-9-15(14(3)21(12)7-8-25-4)16(22)11-26-18(23)10-20-19(24)17-6-5-13(2)27-17/h5-6,9H,7-8,10-11H2,1-4H3,(H,20,24). The number of ketones is 1. The average molecular weight is 392 g/mol. The smallest absolute Gasteiger partial charge is 0.325 e. The fourth-order valence-electron chi connectivity index (χ4n) is 2.68. The van der Waals surface area contributed by atoms with Crippen LogP contribution in [0.15, 0.2) is 18.2 Å². The zero-order valence-corrected chi connectivity index (χ0v) is 16.8. The van der Waals surface area contributed by atoms with Gasteiger partial charge in [-0.3, -0.25) is 14.4 Å². The highest BCUT2D eigenvalue weighted by Gasteiger charge is 2.18. The number of rotatable bonds is 9. The van der Waals surface area contributed by atoms with Crippen LogP contribution in [-0.2, 0) is 20.8 Å². The number of hydrogen-bond donors (Lipinski definition) is 1. The number of methoxy groups -OCH3 is 1. The van der Waals surface area contributed by atoms with Crippen LogP contribution in [0.5, 0.6) is 0 Å². The quantitative estimate of drug-likeness (QED) is 0.523. The van der Waals surface area contributed by atoms with Crippen LogP contribution < -0.4 is 5.32 Å². The predicted octanol–water partition coefficient (Wildman–Crippen LogP) is 2.28. The van der Waals surface area contributed by atoms with E-state index in [1.54, 1.807) is 19.2 Å². The third-order valence-electron chi connectivity index (χ3n) is 4.11. The van der Waals surface area contributed by atoms with Crippen molar-refractivity contribution in [2.24, 2.45) is 0 Å². The number of aromatic nitrogens is 1. The number of aryl methyl sites for hydroxylation is 2. The van der Waals surface area contributed by atoms with Crippen LogP contribution in [-0.4, -0.2) is 49.1 Å². The molecule has 1 N–H and O–H groups in total. The Bertz CT molecular complexity index is 837. The van der Waals surface area contributed by atoms with Crippen molar-refractivity contribution in [3.05, 3.63) is 44.9 Å². The number of nitrogens with zero attached hydrogens (tertiary/aromatic N) is 1. The Morgan fingerprint density at radius 3 is 2.56 bits per heavy atom. The summed E-state index contributed by atoms with van der Waals surface area (Å²) in [6.45, 7) is 6.21. The van der Waals surface area contributed by atoms with E-state index >= 15 is 0 Å². The lowest BCUT2D eigenvalue weighted by Crippen LogP contribution is -2.31. The third kappa shape index (κ3) is 5.51. The molecular weight excluding hydrogens is 368 g/mol. The van der Waals surface area contributed by atoms with Gasteiger partial charge in [0.25, 0.3) is 5.91 Å². The van der Waals surface area contributed by atoms with Crippen molar-refractivity contribution in [1.29, 1.82) is 0 Å². The average Bonchev–Trinajstić information content (AvgIpc) is 3.19. The maximum absolute atomic E-state index is 12.4. The van der Waals surface area contributed by atoms with Crippen molar-refractivity contribution >= 4 is 29.0 Å². The Morgan fingerprint density at radius 2 is 1.93 bits per heavy atom. The summed E-state index contributed by atoms with van der Waals surface area (Å²) < 4.78 is 12.1. The zero-order chi connectivity index (χ0) is 20.0. The summed E-state index contributed by atoms with van der Waals surface area (Å²) in [6.07, 6.45) is 0. The molecule has 2 rings (SSSR count). The number of carbonyl (C=O) groups excluding carboxylic acids is 3. The molecule has 0 atom stereocenters. The largest absolute Gasteiger partial charge is 0.456 e. The SMILES string of the molecule is COCCn1c(C)cc(C(=O)COC(=O)CNC(=O)c2ccc(C)s2)c1C. The molecule has 0 fully saturated rings. The Labute approximate surface area is 162 Å². The highest BCUT2D eigenvalue weighted by Crippen LogP contribution is 2.16. The summed E-state index contributed by atoms with van der Waals surface area (Å²) >= 11 is 1.34. The Balaban J connectivity index is 1.84. The van der Waals surface area contributed by atoms with E-state index < -0.39 is 5.97 Å². The van der Waals surface area contributed by atoms with Crippen LogP contribution in [0.1, 0.15) is 36.3 Å². The number of amides is 1. The van der Waals surface area contributed by atoms with E-state index in [2.05, 4.69) is 5.32 Å². The summed E-state index contributed by atoms with van der Waals surface area (Å²) in [5, 5.41) is 2.49. The highest BCUT2D eigenvalue weighted by molar-refractivity contribution is 7.13. The second-order valence-corrected chi connectivity index (χ2v) is 7.39. The molecule has 1 amide bonds. The van der Waals surface area contributed by atoms with Gasteiger partial charge in [-0.2, -0.15) is 0 Å². The molecule has 7 nitrogen and oxygen atoms in total. The first-order chi connectivity index (χ1) is 12.8. The van der Waals surface area contributed by atoms with Gasteiger partial charge in [-0.15, -0.1) is 11.3 Å². The van der Waals surface area contributed by atoms with Crippen molar-refractivity contribution in [3.63, 3.8) is 0 Å². The van der Waals surface area contributed by atoms with Crippen molar-refractivity contribution in [2.75, 3.05) is 26.9 Å². The molecule has 0 aliphatic rings. The van der Waals surface area contributed by atoms with E-state index in [9.17, 15) is 14.4 Å². The van der Waals surface area contributed by atoms with Crippen molar-refractivity contribution in [2.45, 2.75) is 27.3 Å². The first-order valence-corrected chi connectivity index (χ1v) is 9.34. The molecule has 2 aromatic heterocycles. The van der Waals surface area contributed by atoms with Crippen LogP contribution in [0.4, 0.5) is 0 Å². The van der Waals surface area contributed by atoms with Gasteiger partial charge in [-0.1, -0.05) is 0 Å². The topological polar surface area (TPSA) is 86.6 Å². The number of Topliss-reactive ketones (excluding diaryl/α,β-unsaturated/α-hetero) is 1. The van der Waals surface area contributed by atoms with E-state index in [0.717, 1.165) is 16.3 Å². The summed E-state index contributed by atoms with van der Waals surface area (Å²) in [5.41, 5.74) is 2.28. The van der Waals surface area contributed by atoms with Crippen LogP contribution in [0.2, 0.25) is 0 Å². The molecule has 0 saturated carbocycles. The van der Waals surface area contributed by atoms with E-state index in [-0.39, 0.29) is 24.8 Å². The molecule has 2 aromatic rings. The summed E-state index contributed by atoms with van der Waals surface area (Å²) in [4.78, 5) is 37.6. The molecule has 0 aliphatic heterocycles. The molecule has 0 bridgehead atoms. The van der Waals surface area contributed by atoms with Crippen molar-refractivity contribution < 1.29 is 23.9 Å². The van der Waals surface area contributed by atoms with Gasteiger partial charge < -0.3 is 19.4 Å². The van der Waals surface area contributed by atoms with Gasteiger partial charge >= 0.3 is 5.97 Å². The van der Waals surface area contributed by atoms with Crippen LogP contribution >= 0.6 is 11.3 Å². The molecule has 8 heteroatoms. The molecule has 0 spiro atoms. The lowest BCUT2D eigenvalue weighted by atomic mass is 10.1. The van der Waals surface area contributed by atoms with Gasteiger partial charge in [0.2, 0.25) is 5.78 Å². The summed E-state index contributed by atoms with van der Waals surface area (Å²) in [6, 6.07) is 5.31. The van der Waals surface area contributed by atoms with E-state index in [1.807, 2.05) is 31.4 Å². The molecular formula is C19H24N2O5S. The van der Waals surface area contributed by atoms with Crippen LogP contribution in [0.3, 0.4) is 0 Å². The van der Waals surface area contributed by atoms with Gasteiger partial charge in [0.05, 0.1) is 11.5 Å². The molecule has 0 saturated heterocycles. The van der Waals surface area contributed by atoms with Crippen LogP contribution in [0, 0.1) is 20.8 Å². The first-order valence-electron chi connectivity index (χ1n) is 8.52. The number of ether oxygens (including phenoxy) is 2. The second-order valence-electron chi connectivity index (χ2n) is 6.11. The highest BCUT2D eigenvalue weighted by atomic mass is 32.1. The Kier molecular flexibility index (Phi) is 7.32. The van der Waals surface area contributed by atoms with E-state index in [4.69, 9.17) is 9.47 Å². The molecule has 27 heavy (non-hydrogen) atoms. The molecule has 0 unspecified atom stereocenters. The van der Waals surface area contributed by atoms with Gasteiger partial charge in [-0.25, -0.2) is 0 Å². The zero-order valence-electron chi connectivity index (χ0n) is 16.0. The Hall–Kier alpha value is -2.45. The monoisotopic (exact) mass is 392 g/mol.